The summed E-state index contributed by atoms with van der Waals surface area (Å²) in [6.45, 7) is 0. The maximum atomic E-state index is 13.3. The van der Waals surface area contributed by atoms with E-state index in [4.69, 9.17) is 8.83 Å². The SMILES string of the molecule is O=c1c(-c2cc3ccccc3o2)coc2ccc(F)cc12. The van der Waals surface area contributed by atoms with Crippen molar-refractivity contribution in [2.75, 3.05) is 0 Å². The van der Waals surface area contributed by atoms with Crippen LogP contribution in [0.15, 0.2) is 68.4 Å². The predicted molar refractivity (Wildman–Crippen MR) is 77.7 cm³/mol. The molecule has 3 nitrogen and oxygen atoms in total. The molecule has 0 N–H and O–H groups in total. The molecule has 0 atom stereocenters. The number of furan rings is 1. The highest BCUT2D eigenvalue weighted by molar-refractivity contribution is 5.85. The number of para-hydroxylation sites is 1. The zero-order valence-electron chi connectivity index (χ0n) is 10.8. The second-order valence-corrected chi connectivity index (χ2v) is 4.77. The Balaban J connectivity index is 2.01. The molecule has 102 valence electrons. The van der Waals surface area contributed by atoms with Gasteiger partial charge in [-0.05, 0) is 30.3 Å². The first-order valence-corrected chi connectivity index (χ1v) is 6.42. The molecule has 0 radical (unpaired) electrons. The van der Waals surface area contributed by atoms with Gasteiger partial charge in [-0.1, -0.05) is 18.2 Å². The van der Waals surface area contributed by atoms with Crippen molar-refractivity contribution < 1.29 is 13.2 Å². The molecule has 4 heteroatoms. The van der Waals surface area contributed by atoms with Crippen LogP contribution in [0.5, 0.6) is 0 Å². The molecule has 0 aliphatic carbocycles. The van der Waals surface area contributed by atoms with Crippen LogP contribution in [-0.2, 0) is 0 Å². The van der Waals surface area contributed by atoms with Crippen LogP contribution >= 0.6 is 0 Å². The molecule has 2 aromatic heterocycles. The van der Waals surface area contributed by atoms with Crippen molar-refractivity contribution >= 4 is 21.9 Å². The summed E-state index contributed by atoms with van der Waals surface area (Å²) in [5.41, 5.74) is 1.01. The Hall–Kier alpha value is -2.88. The van der Waals surface area contributed by atoms with Crippen LogP contribution in [0.3, 0.4) is 0 Å². The molecule has 0 bridgehead atoms. The average molecular weight is 280 g/mol. The minimum absolute atomic E-state index is 0.202. The molecule has 21 heavy (non-hydrogen) atoms. The first-order chi connectivity index (χ1) is 10.2. The minimum Gasteiger partial charge on any atom is -0.463 e. The molecule has 0 saturated carbocycles. The number of rotatable bonds is 1. The number of hydrogen-bond acceptors (Lipinski definition) is 3. The lowest BCUT2D eigenvalue weighted by Crippen LogP contribution is -2.04. The van der Waals surface area contributed by atoms with Crippen molar-refractivity contribution in [1.29, 1.82) is 0 Å². The van der Waals surface area contributed by atoms with Gasteiger partial charge in [0.2, 0.25) is 5.43 Å². The van der Waals surface area contributed by atoms with Gasteiger partial charge in [-0.3, -0.25) is 4.79 Å². The molecule has 0 aliphatic rings. The lowest BCUT2D eigenvalue weighted by Gasteiger charge is -1.99. The monoisotopic (exact) mass is 280 g/mol. The fraction of sp³-hybridized carbons (Fsp3) is 0. The molecule has 0 amide bonds. The highest BCUT2D eigenvalue weighted by atomic mass is 19.1. The van der Waals surface area contributed by atoms with E-state index >= 15 is 0 Å². The van der Waals surface area contributed by atoms with Crippen LogP contribution in [0.1, 0.15) is 0 Å². The van der Waals surface area contributed by atoms with Gasteiger partial charge in [-0.2, -0.15) is 0 Å². The van der Waals surface area contributed by atoms with Gasteiger partial charge in [0.25, 0.3) is 0 Å². The lowest BCUT2D eigenvalue weighted by molar-refractivity contribution is 0.587. The fourth-order valence-electron chi connectivity index (χ4n) is 2.39. The maximum absolute atomic E-state index is 13.3. The molecular formula is C17H9FO3. The molecule has 0 unspecified atom stereocenters. The largest absolute Gasteiger partial charge is 0.463 e. The third-order valence-electron chi connectivity index (χ3n) is 3.43. The molecule has 0 saturated heterocycles. The Labute approximate surface area is 118 Å². The highest BCUT2D eigenvalue weighted by Gasteiger charge is 2.13. The zero-order chi connectivity index (χ0) is 14.4. The highest BCUT2D eigenvalue weighted by Crippen LogP contribution is 2.27. The Kier molecular flexibility index (Phi) is 2.44. The molecule has 0 fully saturated rings. The van der Waals surface area contributed by atoms with Crippen LogP contribution in [0.25, 0.3) is 33.3 Å². The van der Waals surface area contributed by atoms with Gasteiger partial charge < -0.3 is 8.83 Å². The van der Waals surface area contributed by atoms with Gasteiger partial charge in [0.1, 0.15) is 34.6 Å². The van der Waals surface area contributed by atoms with E-state index in [0.29, 0.717) is 16.9 Å². The second-order valence-electron chi connectivity index (χ2n) is 4.77. The van der Waals surface area contributed by atoms with E-state index in [-0.39, 0.29) is 16.4 Å². The minimum atomic E-state index is -0.475. The van der Waals surface area contributed by atoms with Crippen LogP contribution in [-0.4, -0.2) is 0 Å². The van der Waals surface area contributed by atoms with Gasteiger partial charge in [0.05, 0.1) is 5.39 Å². The maximum Gasteiger partial charge on any atom is 0.203 e. The van der Waals surface area contributed by atoms with Crippen molar-refractivity contribution in [3.05, 3.63) is 70.8 Å². The fourth-order valence-corrected chi connectivity index (χ4v) is 2.39. The topological polar surface area (TPSA) is 43.4 Å². The number of benzene rings is 2. The molecule has 0 aliphatic heterocycles. The van der Waals surface area contributed by atoms with Crippen molar-refractivity contribution in [3.8, 4) is 11.3 Å². The molecular weight excluding hydrogens is 271 g/mol. The summed E-state index contributed by atoms with van der Waals surface area (Å²) in [4.78, 5) is 12.5. The Morgan fingerprint density at radius 3 is 2.67 bits per heavy atom. The quantitative estimate of drug-likeness (QED) is 0.520. The standard InChI is InChI=1S/C17H9FO3/c18-11-5-6-15-12(8-11)17(19)13(9-20-15)16-7-10-3-1-2-4-14(10)21-16/h1-9H. The number of hydrogen-bond donors (Lipinski definition) is 0. The van der Waals surface area contributed by atoms with E-state index in [1.54, 1.807) is 6.07 Å². The van der Waals surface area contributed by atoms with Gasteiger partial charge >= 0.3 is 0 Å². The van der Waals surface area contributed by atoms with E-state index in [0.717, 1.165) is 5.39 Å². The van der Waals surface area contributed by atoms with E-state index in [9.17, 15) is 9.18 Å². The van der Waals surface area contributed by atoms with Gasteiger partial charge in [0.15, 0.2) is 0 Å². The third-order valence-corrected chi connectivity index (χ3v) is 3.43. The summed E-state index contributed by atoms with van der Waals surface area (Å²) in [5.74, 6) is -0.0623. The smallest absolute Gasteiger partial charge is 0.203 e. The molecule has 4 aromatic rings. The molecule has 2 heterocycles. The average Bonchev–Trinajstić information content (AvgIpc) is 2.92. The van der Waals surface area contributed by atoms with Crippen LogP contribution in [0.2, 0.25) is 0 Å². The summed E-state index contributed by atoms with van der Waals surface area (Å²) in [6, 6.07) is 13.1. The molecule has 0 spiro atoms. The summed E-state index contributed by atoms with van der Waals surface area (Å²) in [7, 11) is 0. The first-order valence-electron chi connectivity index (χ1n) is 6.42. The van der Waals surface area contributed by atoms with Crippen molar-refractivity contribution in [2.45, 2.75) is 0 Å². The van der Waals surface area contributed by atoms with Crippen LogP contribution in [0, 0.1) is 5.82 Å². The van der Waals surface area contributed by atoms with Crippen molar-refractivity contribution in [1.82, 2.24) is 0 Å². The second kappa shape index (κ2) is 4.31. The van der Waals surface area contributed by atoms with E-state index < -0.39 is 5.82 Å². The van der Waals surface area contributed by atoms with E-state index in [2.05, 4.69) is 0 Å². The Morgan fingerprint density at radius 2 is 1.81 bits per heavy atom. The Morgan fingerprint density at radius 1 is 0.952 bits per heavy atom. The lowest BCUT2D eigenvalue weighted by atomic mass is 10.1. The predicted octanol–water partition coefficient (Wildman–Crippen LogP) is 4.35. The third kappa shape index (κ3) is 1.84. The van der Waals surface area contributed by atoms with Crippen LogP contribution < -0.4 is 5.43 Å². The normalized spacial score (nSPS) is 11.3. The van der Waals surface area contributed by atoms with Crippen molar-refractivity contribution in [3.63, 3.8) is 0 Å². The first kappa shape index (κ1) is 11.9. The van der Waals surface area contributed by atoms with Crippen molar-refractivity contribution in [2.24, 2.45) is 0 Å². The van der Waals surface area contributed by atoms with E-state index in [1.807, 2.05) is 24.3 Å². The molecule has 4 rings (SSSR count). The zero-order valence-corrected chi connectivity index (χ0v) is 10.8. The number of halogens is 1. The van der Waals surface area contributed by atoms with Gasteiger partial charge in [0, 0.05) is 5.39 Å². The van der Waals surface area contributed by atoms with E-state index in [1.165, 1.54) is 24.5 Å². The molecule has 2 aromatic carbocycles. The summed E-state index contributed by atoms with van der Waals surface area (Å²) >= 11 is 0. The Bertz CT molecular complexity index is 994. The summed E-state index contributed by atoms with van der Waals surface area (Å²) in [6.07, 6.45) is 1.35. The van der Waals surface area contributed by atoms with Crippen LogP contribution in [0.4, 0.5) is 4.39 Å². The summed E-state index contributed by atoms with van der Waals surface area (Å²) in [5, 5.41) is 1.10. The van der Waals surface area contributed by atoms with Gasteiger partial charge in [-0.15, -0.1) is 0 Å². The number of fused-ring (bicyclic) bond motifs is 2. The van der Waals surface area contributed by atoms with Gasteiger partial charge in [-0.25, -0.2) is 4.39 Å². The summed E-state index contributed by atoms with van der Waals surface area (Å²) < 4.78 is 24.4.